The fraction of sp³-hybridized carbons (Fsp3) is 0.538. The Labute approximate surface area is 105 Å². The molecule has 0 amide bonds. The van der Waals surface area contributed by atoms with Crippen molar-refractivity contribution in [3.8, 4) is 5.75 Å². The van der Waals surface area contributed by atoms with Crippen LogP contribution in [-0.2, 0) is 0 Å². The van der Waals surface area contributed by atoms with Gasteiger partial charge in [0.15, 0.2) is 0 Å². The first-order valence-electron chi connectivity index (χ1n) is 5.56. The van der Waals surface area contributed by atoms with Gasteiger partial charge in [-0.05, 0) is 59.7 Å². The number of halogens is 1. The van der Waals surface area contributed by atoms with E-state index in [0.29, 0.717) is 5.41 Å². The SMILES string of the molecule is CC1(COc2ccc(I)cc2)CCCC1. The molecule has 0 aromatic heterocycles. The highest BCUT2D eigenvalue weighted by atomic mass is 127. The number of rotatable bonds is 3. The van der Waals surface area contributed by atoms with Gasteiger partial charge >= 0.3 is 0 Å². The Morgan fingerprint density at radius 2 is 1.80 bits per heavy atom. The van der Waals surface area contributed by atoms with Gasteiger partial charge in [-0.15, -0.1) is 0 Å². The molecule has 1 aliphatic carbocycles. The van der Waals surface area contributed by atoms with Crippen LogP contribution in [0.5, 0.6) is 5.75 Å². The van der Waals surface area contributed by atoms with Crippen LogP contribution in [0.4, 0.5) is 0 Å². The Morgan fingerprint density at radius 1 is 1.20 bits per heavy atom. The third-order valence-corrected chi connectivity index (χ3v) is 3.93. The van der Waals surface area contributed by atoms with E-state index in [-0.39, 0.29) is 0 Å². The minimum Gasteiger partial charge on any atom is -0.493 e. The normalized spacial score (nSPS) is 19.1. The fourth-order valence-electron chi connectivity index (χ4n) is 2.16. The molecule has 0 heterocycles. The van der Waals surface area contributed by atoms with Gasteiger partial charge in [0.2, 0.25) is 0 Å². The Hall–Kier alpha value is -0.250. The summed E-state index contributed by atoms with van der Waals surface area (Å²) < 4.78 is 7.10. The number of hydrogen-bond donors (Lipinski definition) is 0. The largest absolute Gasteiger partial charge is 0.493 e. The summed E-state index contributed by atoms with van der Waals surface area (Å²) in [6, 6.07) is 8.29. The quantitative estimate of drug-likeness (QED) is 0.758. The molecule has 82 valence electrons. The van der Waals surface area contributed by atoms with Crippen molar-refractivity contribution in [3.63, 3.8) is 0 Å². The summed E-state index contributed by atoms with van der Waals surface area (Å²) in [7, 11) is 0. The molecule has 0 radical (unpaired) electrons. The van der Waals surface area contributed by atoms with Gasteiger partial charge in [0.1, 0.15) is 5.75 Å². The van der Waals surface area contributed by atoms with Crippen molar-refractivity contribution in [2.24, 2.45) is 5.41 Å². The molecule has 15 heavy (non-hydrogen) atoms. The lowest BCUT2D eigenvalue weighted by Gasteiger charge is -2.23. The van der Waals surface area contributed by atoms with E-state index in [1.54, 1.807) is 0 Å². The summed E-state index contributed by atoms with van der Waals surface area (Å²) in [5.74, 6) is 1.00. The number of ether oxygens (including phenoxy) is 1. The lowest BCUT2D eigenvalue weighted by molar-refractivity contribution is 0.168. The molecule has 1 saturated carbocycles. The third-order valence-electron chi connectivity index (χ3n) is 3.21. The average Bonchev–Trinajstić information content (AvgIpc) is 2.65. The second-order valence-corrected chi connectivity index (χ2v) is 6.01. The van der Waals surface area contributed by atoms with Crippen molar-refractivity contribution in [1.29, 1.82) is 0 Å². The number of benzene rings is 1. The molecule has 0 saturated heterocycles. The van der Waals surface area contributed by atoms with Crippen molar-refractivity contribution in [2.75, 3.05) is 6.61 Å². The highest BCUT2D eigenvalue weighted by Gasteiger charge is 2.29. The Kier molecular flexibility index (Phi) is 3.54. The van der Waals surface area contributed by atoms with Crippen LogP contribution in [0.1, 0.15) is 32.6 Å². The molecule has 2 heteroatoms. The second-order valence-electron chi connectivity index (χ2n) is 4.76. The van der Waals surface area contributed by atoms with Crippen molar-refractivity contribution in [1.82, 2.24) is 0 Å². The van der Waals surface area contributed by atoms with Gasteiger partial charge in [-0.25, -0.2) is 0 Å². The minimum atomic E-state index is 0.420. The highest BCUT2D eigenvalue weighted by molar-refractivity contribution is 14.1. The van der Waals surface area contributed by atoms with Gasteiger partial charge in [0.25, 0.3) is 0 Å². The summed E-state index contributed by atoms with van der Waals surface area (Å²) in [5.41, 5.74) is 0.420. The molecule has 1 fully saturated rings. The predicted molar refractivity (Wildman–Crippen MR) is 71.2 cm³/mol. The fourth-order valence-corrected chi connectivity index (χ4v) is 2.52. The molecule has 0 unspecified atom stereocenters. The summed E-state index contributed by atoms with van der Waals surface area (Å²) in [4.78, 5) is 0. The first kappa shape index (κ1) is 11.2. The van der Waals surface area contributed by atoms with Crippen LogP contribution in [0.3, 0.4) is 0 Å². The second kappa shape index (κ2) is 4.73. The van der Waals surface area contributed by atoms with Crippen LogP contribution in [0, 0.1) is 8.99 Å². The maximum atomic E-state index is 5.84. The summed E-state index contributed by atoms with van der Waals surface area (Å²) >= 11 is 2.31. The topological polar surface area (TPSA) is 9.23 Å². The highest BCUT2D eigenvalue weighted by Crippen LogP contribution is 2.37. The minimum absolute atomic E-state index is 0.420. The first-order valence-corrected chi connectivity index (χ1v) is 6.64. The van der Waals surface area contributed by atoms with E-state index in [1.165, 1.54) is 29.3 Å². The third kappa shape index (κ3) is 3.10. The van der Waals surface area contributed by atoms with Gasteiger partial charge in [-0.1, -0.05) is 19.8 Å². The number of hydrogen-bond acceptors (Lipinski definition) is 1. The zero-order chi connectivity index (χ0) is 10.7. The van der Waals surface area contributed by atoms with E-state index in [2.05, 4.69) is 53.8 Å². The first-order chi connectivity index (χ1) is 7.18. The van der Waals surface area contributed by atoms with Crippen LogP contribution >= 0.6 is 22.6 Å². The van der Waals surface area contributed by atoms with Gasteiger partial charge in [0.05, 0.1) is 6.61 Å². The summed E-state index contributed by atoms with van der Waals surface area (Å²) in [6.07, 6.45) is 5.37. The lowest BCUT2D eigenvalue weighted by Crippen LogP contribution is -2.21. The monoisotopic (exact) mass is 316 g/mol. The Bertz CT molecular complexity index is 312. The van der Waals surface area contributed by atoms with Crippen LogP contribution in [0.15, 0.2) is 24.3 Å². The van der Waals surface area contributed by atoms with E-state index in [0.717, 1.165) is 12.4 Å². The maximum Gasteiger partial charge on any atom is 0.119 e. The van der Waals surface area contributed by atoms with Crippen molar-refractivity contribution >= 4 is 22.6 Å². The lowest BCUT2D eigenvalue weighted by atomic mass is 9.90. The van der Waals surface area contributed by atoms with Crippen LogP contribution < -0.4 is 4.74 Å². The van der Waals surface area contributed by atoms with E-state index in [9.17, 15) is 0 Å². The molecule has 0 aliphatic heterocycles. The predicted octanol–water partition coefficient (Wildman–Crippen LogP) is 4.25. The molecular weight excluding hydrogens is 299 g/mol. The summed E-state index contributed by atoms with van der Waals surface area (Å²) in [6.45, 7) is 3.21. The van der Waals surface area contributed by atoms with Gasteiger partial charge < -0.3 is 4.74 Å². The Balaban J connectivity index is 1.90. The van der Waals surface area contributed by atoms with E-state index >= 15 is 0 Å². The molecule has 1 aromatic rings. The standard InChI is InChI=1S/C13H17IO/c1-13(8-2-3-9-13)10-15-12-6-4-11(14)5-7-12/h4-7H,2-3,8-10H2,1H3. The average molecular weight is 316 g/mol. The molecular formula is C13H17IO. The van der Waals surface area contributed by atoms with E-state index in [1.807, 2.05) is 0 Å². The van der Waals surface area contributed by atoms with E-state index in [4.69, 9.17) is 4.74 Å². The molecule has 1 aromatic carbocycles. The smallest absolute Gasteiger partial charge is 0.119 e. The van der Waals surface area contributed by atoms with Crippen molar-refractivity contribution in [2.45, 2.75) is 32.6 Å². The van der Waals surface area contributed by atoms with Crippen molar-refractivity contribution < 1.29 is 4.74 Å². The zero-order valence-electron chi connectivity index (χ0n) is 9.13. The van der Waals surface area contributed by atoms with Gasteiger partial charge in [-0.2, -0.15) is 0 Å². The zero-order valence-corrected chi connectivity index (χ0v) is 11.3. The molecule has 2 rings (SSSR count). The molecule has 1 aliphatic rings. The van der Waals surface area contributed by atoms with Crippen LogP contribution in [0.2, 0.25) is 0 Å². The summed E-state index contributed by atoms with van der Waals surface area (Å²) in [5, 5.41) is 0. The van der Waals surface area contributed by atoms with E-state index < -0.39 is 0 Å². The van der Waals surface area contributed by atoms with Crippen LogP contribution in [0.25, 0.3) is 0 Å². The molecule has 0 spiro atoms. The molecule has 0 atom stereocenters. The molecule has 1 nitrogen and oxygen atoms in total. The van der Waals surface area contributed by atoms with Crippen molar-refractivity contribution in [3.05, 3.63) is 27.8 Å². The Morgan fingerprint density at radius 3 is 2.40 bits per heavy atom. The molecule has 0 N–H and O–H groups in total. The van der Waals surface area contributed by atoms with Gasteiger partial charge in [0, 0.05) is 8.99 Å². The van der Waals surface area contributed by atoms with Crippen LogP contribution in [-0.4, -0.2) is 6.61 Å². The maximum absolute atomic E-state index is 5.84. The van der Waals surface area contributed by atoms with Gasteiger partial charge in [-0.3, -0.25) is 0 Å². The molecule has 0 bridgehead atoms.